The van der Waals surface area contributed by atoms with Crippen molar-refractivity contribution in [2.75, 3.05) is 0 Å². The molecule has 4 heteroatoms. The van der Waals surface area contributed by atoms with E-state index in [9.17, 15) is 15.3 Å². The second-order valence-corrected chi connectivity index (χ2v) is 7.34. The summed E-state index contributed by atoms with van der Waals surface area (Å²) in [5, 5.41) is 30.3. The minimum Gasteiger partial charge on any atom is -0.850 e. The number of hydrogen-bond acceptors (Lipinski definition) is 3. The predicted octanol–water partition coefficient (Wildman–Crippen LogP) is 1.74. The zero-order valence-corrected chi connectivity index (χ0v) is 16.5. The average Bonchev–Trinajstić information content (AvgIpc) is 2.45. The van der Waals surface area contributed by atoms with Gasteiger partial charge in [-0.25, -0.2) is 12.2 Å². The van der Waals surface area contributed by atoms with E-state index in [2.05, 4.69) is 12.2 Å². The van der Waals surface area contributed by atoms with Crippen LogP contribution >= 0.6 is 0 Å². The Hall–Kier alpha value is -0.0556. The summed E-state index contributed by atoms with van der Waals surface area (Å²) in [5.74, 6) is 0. The summed E-state index contributed by atoms with van der Waals surface area (Å²) in [5.41, 5.74) is -2.25. The smallest absolute Gasteiger partial charge is 0.850 e. The molecular weight excluding hydrogens is 303 g/mol. The van der Waals surface area contributed by atoms with E-state index >= 15 is 0 Å². The summed E-state index contributed by atoms with van der Waals surface area (Å²) in [7, 11) is 0. The molecule has 1 radical (unpaired) electrons. The fraction of sp³-hybridized carbons (Fsp3) is 0.765. The molecule has 0 N–H and O–H groups in total. The Labute approximate surface area is 144 Å². The van der Waals surface area contributed by atoms with Crippen LogP contribution in [0.15, 0.2) is 18.2 Å². The summed E-state index contributed by atoms with van der Waals surface area (Å²) < 4.78 is 0. The standard InChI is InChI=1S/C5H5.3C4H9O.V/c1-2-4-5-3-1;3*1-4(2,3)5;/h1-3H,4H2;3*1-3H3;/q4*-1;+4. The summed E-state index contributed by atoms with van der Waals surface area (Å²) in [6, 6.07) is 0. The molecule has 0 saturated heterocycles. The van der Waals surface area contributed by atoms with Crippen molar-refractivity contribution in [3.8, 4) is 0 Å². The van der Waals surface area contributed by atoms with Crippen molar-refractivity contribution in [3.63, 3.8) is 0 Å². The molecular formula is C17H32O3V. The van der Waals surface area contributed by atoms with Crippen LogP contribution in [0.25, 0.3) is 0 Å². The molecule has 0 bridgehead atoms. The molecule has 21 heavy (non-hydrogen) atoms. The molecule has 0 aromatic heterocycles. The molecule has 0 aromatic rings. The van der Waals surface area contributed by atoms with E-state index in [1.165, 1.54) is 0 Å². The fourth-order valence-electron chi connectivity index (χ4n) is 0.340. The van der Waals surface area contributed by atoms with Crippen LogP contribution in [-0.4, -0.2) is 16.8 Å². The summed E-state index contributed by atoms with van der Waals surface area (Å²) >= 11 is 0. The largest absolute Gasteiger partial charge is 4.00 e. The zero-order chi connectivity index (χ0) is 17.0. The van der Waals surface area contributed by atoms with E-state index < -0.39 is 16.8 Å². The average molecular weight is 335 g/mol. The Balaban J connectivity index is -0.0000000903. The van der Waals surface area contributed by atoms with Gasteiger partial charge in [-0.15, -0.1) is 23.2 Å². The number of allylic oxidation sites excluding steroid dienone is 4. The van der Waals surface area contributed by atoms with Crippen molar-refractivity contribution in [3.05, 3.63) is 24.3 Å². The molecule has 0 atom stereocenters. The molecule has 0 fully saturated rings. The molecule has 0 spiro atoms. The molecule has 1 aliphatic carbocycles. The normalized spacial score (nSPS) is 12.8. The molecule has 0 aromatic carbocycles. The molecule has 0 unspecified atom stereocenters. The van der Waals surface area contributed by atoms with Crippen LogP contribution in [0, 0.1) is 6.08 Å². The molecule has 1 rings (SSSR count). The summed E-state index contributed by atoms with van der Waals surface area (Å²) in [6.07, 6.45) is 10.0. The first-order valence-corrected chi connectivity index (χ1v) is 6.83. The van der Waals surface area contributed by atoms with Gasteiger partial charge in [-0.05, 0) is 0 Å². The summed E-state index contributed by atoms with van der Waals surface area (Å²) in [6.45, 7) is 14.7. The van der Waals surface area contributed by atoms with Crippen LogP contribution in [0.2, 0.25) is 0 Å². The molecule has 0 heterocycles. The van der Waals surface area contributed by atoms with Crippen LogP contribution in [0.3, 0.4) is 0 Å². The number of hydrogen-bond donors (Lipinski definition) is 0. The third kappa shape index (κ3) is 263. The van der Waals surface area contributed by atoms with E-state index in [4.69, 9.17) is 0 Å². The zero-order valence-electron chi connectivity index (χ0n) is 15.1. The molecule has 3 nitrogen and oxygen atoms in total. The Morgan fingerprint density at radius 3 is 1.00 bits per heavy atom. The molecule has 1 aliphatic rings. The van der Waals surface area contributed by atoms with Crippen LogP contribution in [0.1, 0.15) is 68.7 Å². The Bertz CT molecular complexity index is 207. The van der Waals surface area contributed by atoms with E-state index in [1.54, 1.807) is 62.3 Å². The van der Waals surface area contributed by atoms with E-state index in [-0.39, 0.29) is 18.6 Å². The fourth-order valence-corrected chi connectivity index (χ4v) is 0.340. The molecule has 0 amide bonds. The van der Waals surface area contributed by atoms with Gasteiger partial charge in [0.05, 0.1) is 0 Å². The monoisotopic (exact) mass is 335 g/mol. The SMILES string of the molecule is CC(C)(C)[O-].CC(C)(C)[O-].CC(C)(C)[O-].[C-]1=CC=CC1.[V+4]. The van der Waals surface area contributed by atoms with Gasteiger partial charge in [-0.3, -0.25) is 6.08 Å². The first-order valence-electron chi connectivity index (χ1n) is 6.83. The minimum atomic E-state index is -0.750. The Kier molecular flexibility index (Phi) is 18.8. The third-order valence-electron chi connectivity index (χ3n) is 0.586. The summed E-state index contributed by atoms with van der Waals surface area (Å²) in [4.78, 5) is 0. The van der Waals surface area contributed by atoms with E-state index in [1.807, 2.05) is 12.2 Å². The van der Waals surface area contributed by atoms with Crippen LogP contribution < -0.4 is 15.3 Å². The van der Waals surface area contributed by atoms with Gasteiger partial charge in [0.25, 0.3) is 0 Å². The van der Waals surface area contributed by atoms with Gasteiger partial charge in [0, 0.05) is 0 Å². The van der Waals surface area contributed by atoms with Gasteiger partial charge < -0.3 is 15.3 Å². The van der Waals surface area contributed by atoms with Crippen LogP contribution in [0.4, 0.5) is 0 Å². The second-order valence-electron chi connectivity index (χ2n) is 7.34. The van der Waals surface area contributed by atoms with Crippen molar-refractivity contribution >= 4 is 0 Å². The van der Waals surface area contributed by atoms with Crippen molar-refractivity contribution in [1.29, 1.82) is 0 Å². The molecule has 123 valence electrons. The maximum Gasteiger partial charge on any atom is 4.00 e. The first-order chi connectivity index (χ1) is 8.50. The van der Waals surface area contributed by atoms with Gasteiger partial charge >= 0.3 is 18.6 Å². The minimum absolute atomic E-state index is 0. The topological polar surface area (TPSA) is 69.2 Å². The van der Waals surface area contributed by atoms with Gasteiger partial charge in [-0.2, -0.15) is 6.08 Å². The maximum atomic E-state index is 10.1. The number of rotatable bonds is 0. The third-order valence-corrected chi connectivity index (χ3v) is 0.586. The second kappa shape index (κ2) is 13.6. The Morgan fingerprint density at radius 1 is 0.714 bits per heavy atom. The quantitative estimate of drug-likeness (QED) is 0.633. The molecule has 0 aliphatic heterocycles. The van der Waals surface area contributed by atoms with Crippen molar-refractivity contribution < 1.29 is 33.9 Å². The van der Waals surface area contributed by atoms with Gasteiger partial charge in [-0.1, -0.05) is 62.3 Å². The van der Waals surface area contributed by atoms with Gasteiger partial charge in [0.15, 0.2) is 0 Å². The van der Waals surface area contributed by atoms with Gasteiger partial charge in [0.2, 0.25) is 0 Å². The van der Waals surface area contributed by atoms with Crippen molar-refractivity contribution in [2.24, 2.45) is 0 Å². The van der Waals surface area contributed by atoms with Crippen molar-refractivity contribution in [2.45, 2.75) is 85.5 Å². The van der Waals surface area contributed by atoms with Gasteiger partial charge in [0.1, 0.15) is 0 Å². The predicted molar refractivity (Wildman–Crippen MR) is 80.8 cm³/mol. The molecule has 0 saturated carbocycles. The van der Waals surface area contributed by atoms with E-state index in [0.29, 0.717) is 0 Å². The van der Waals surface area contributed by atoms with E-state index in [0.717, 1.165) is 6.42 Å². The maximum absolute atomic E-state index is 10.1. The Morgan fingerprint density at radius 2 is 0.952 bits per heavy atom. The van der Waals surface area contributed by atoms with Crippen molar-refractivity contribution in [1.82, 2.24) is 0 Å². The van der Waals surface area contributed by atoms with Crippen LogP contribution in [-0.2, 0) is 18.6 Å². The van der Waals surface area contributed by atoms with Crippen LogP contribution in [0.5, 0.6) is 0 Å². The first kappa shape index (κ1) is 29.0.